The van der Waals surface area contributed by atoms with E-state index in [1.54, 1.807) is 0 Å². The largest absolute Gasteiger partial charge is 0.361 e. The van der Waals surface area contributed by atoms with Crippen LogP contribution in [-0.4, -0.2) is 22.6 Å². The van der Waals surface area contributed by atoms with E-state index < -0.39 is 0 Å². The van der Waals surface area contributed by atoms with Crippen molar-refractivity contribution >= 4 is 6.03 Å². The normalized spacial score (nSPS) is 17.7. The number of aromatic nitrogens is 1. The van der Waals surface area contributed by atoms with Gasteiger partial charge in [0.15, 0.2) is 0 Å². The molecule has 1 aliphatic rings. The number of rotatable bonds is 3. The summed E-state index contributed by atoms with van der Waals surface area (Å²) in [6, 6.07) is 10.1. The van der Waals surface area contributed by atoms with E-state index >= 15 is 0 Å². The van der Waals surface area contributed by atoms with Gasteiger partial charge in [0.1, 0.15) is 11.5 Å². The third-order valence-electron chi connectivity index (χ3n) is 4.07. The molecule has 3 rings (SSSR count). The molecule has 22 heavy (non-hydrogen) atoms. The number of carbonyl (C=O) groups excluding carboxylic acids is 1. The predicted molar refractivity (Wildman–Crippen MR) is 83.3 cm³/mol. The van der Waals surface area contributed by atoms with Gasteiger partial charge in [0, 0.05) is 19.2 Å². The van der Waals surface area contributed by atoms with Crippen LogP contribution >= 0.6 is 0 Å². The third-order valence-corrected chi connectivity index (χ3v) is 4.07. The molecule has 1 N–H and O–H groups in total. The molecular weight excluding hydrogens is 278 g/mol. The summed E-state index contributed by atoms with van der Waals surface area (Å²) >= 11 is 0. The zero-order chi connectivity index (χ0) is 15.5. The summed E-state index contributed by atoms with van der Waals surface area (Å²) in [5, 5.41) is 7.06. The number of likely N-dealkylation sites (tertiary alicyclic amines) is 1. The Morgan fingerprint density at radius 2 is 2.14 bits per heavy atom. The minimum absolute atomic E-state index is 0.0236. The Morgan fingerprint density at radius 1 is 1.36 bits per heavy atom. The van der Waals surface area contributed by atoms with E-state index in [0.29, 0.717) is 6.54 Å². The molecule has 0 bridgehead atoms. The molecular formula is C17H21N3O2. The zero-order valence-electron chi connectivity index (χ0n) is 13.0. The van der Waals surface area contributed by atoms with Crippen molar-refractivity contribution < 1.29 is 9.32 Å². The van der Waals surface area contributed by atoms with E-state index in [-0.39, 0.29) is 12.1 Å². The number of hydrogen-bond donors (Lipinski definition) is 1. The second-order valence-corrected chi connectivity index (χ2v) is 5.86. The average Bonchev–Trinajstić information content (AvgIpc) is 3.14. The molecule has 1 aromatic carbocycles. The number of aryl methyl sites for hydroxylation is 2. The van der Waals surface area contributed by atoms with Gasteiger partial charge in [-0.15, -0.1) is 0 Å². The quantitative estimate of drug-likeness (QED) is 0.945. The topological polar surface area (TPSA) is 58.4 Å². The molecule has 2 aromatic rings. The molecule has 0 aliphatic carbocycles. The van der Waals surface area contributed by atoms with Crippen LogP contribution in [0.3, 0.4) is 0 Å². The van der Waals surface area contributed by atoms with Crippen LogP contribution in [0.2, 0.25) is 0 Å². The fourth-order valence-corrected chi connectivity index (χ4v) is 2.85. The van der Waals surface area contributed by atoms with E-state index in [9.17, 15) is 4.79 Å². The Kier molecular flexibility index (Phi) is 4.13. The smallest absolute Gasteiger partial charge is 0.318 e. The molecule has 0 saturated carbocycles. The van der Waals surface area contributed by atoms with Gasteiger partial charge in [0.05, 0.1) is 6.04 Å². The van der Waals surface area contributed by atoms with E-state index in [1.807, 2.05) is 30.0 Å². The van der Waals surface area contributed by atoms with Crippen LogP contribution in [0.15, 0.2) is 34.9 Å². The number of benzene rings is 1. The first-order valence-corrected chi connectivity index (χ1v) is 7.67. The predicted octanol–water partition coefficient (Wildman–Crippen LogP) is 3.34. The first-order chi connectivity index (χ1) is 10.6. The fourth-order valence-electron chi connectivity index (χ4n) is 2.85. The Balaban J connectivity index is 1.62. The molecule has 2 heterocycles. The molecule has 1 fully saturated rings. The molecule has 1 aromatic heterocycles. The Bertz CT molecular complexity index is 648. The van der Waals surface area contributed by atoms with Gasteiger partial charge >= 0.3 is 6.03 Å². The Labute approximate surface area is 130 Å². The molecule has 5 nitrogen and oxygen atoms in total. The first-order valence-electron chi connectivity index (χ1n) is 7.67. The van der Waals surface area contributed by atoms with Gasteiger partial charge in [-0.05, 0) is 32.3 Å². The van der Waals surface area contributed by atoms with Gasteiger partial charge in [-0.1, -0.05) is 35.0 Å². The van der Waals surface area contributed by atoms with Crippen LogP contribution in [0, 0.1) is 13.8 Å². The van der Waals surface area contributed by atoms with Crippen molar-refractivity contribution in [1.29, 1.82) is 0 Å². The molecule has 1 saturated heterocycles. The number of urea groups is 1. The van der Waals surface area contributed by atoms with Gasteiger partial charge in [0.2, 0.25) is 0 Å². The summed E-state index contributed by atoms with van der Waals surface area (Å²) in [5.74, 6) is 0.780. The van der Waals surface area contributed by atoms with Crippen LogP contribution in [0.5, 0.6) is 0 Å². The first kappa shape index (κ1) is 14.6. The fraction of sp³-hybridized carbons (Fsp3) is 0.412. The van der Waals surface area contributed by atoms with E-state index in [0.717, 1.165) is 36.4 Å². The van der Waals surface area contributed by atoms with Crippen molar-refractivity contribution in [2.45, 2.75) is 39.3 Å². The number of amides is 2. The van der Waals surface area contributed by atoms with Crippen molar-refractivity contribution in [3.63, 3.8) is 0 Å². The lowest BCUT2D eigenvalue weighted by Crippen LogP contribution is -2.39. The second kappa shape index (κ2) is 6.22. The number of nitrogens with one attached hydrogen (secondary N) is 1. The summed E-state index contributed by atoms with van der Waals surface area (Å²) in [6.45, 7) is 5.22. The van der Waals surface area contributed by atoms with E-state index in [4.69, 9.17) is 4.52 Å². The number of carbonyl (C=O) groups is 1. The lowest BCUT2D eigenvalue weighted by atomic mass is 10.1. The minimum Gasteiger partial charge on any atom is -0.361 e. The number of hydrogen-bond acceptors (Lipinski definition) is 3. The highest BCUT2D eigenvalue weighted by Gasteiger charge is 2.31. The molecule has 1 atom stereocenters. The highest BCUT2D eigenvalue weighted by Crippen LogP contribution is 2.31. The SMILES string of the molecule is Cc1ccc(CNC(=O)N2CCCC2c2cc(C)on2)cc1. The summed E-state index contributed by atoms with van der Waals surface area (Å²) in [6.07, 6.45) is 1.93. The van der Waals surface area contributed by atoms with Crippen LogP contribution in [-0.2, 0) is 6.54 Å². The molecule has 116 valence electrons. The lowest BCUT2D eigenvalue weighted by Gasteiger charge is -2.23. The molecule has 1 unspecified atom stereocenters. The van der Waals surface area contributed by atoms with Crippen LogP contribution in [0.4, 0.5) is 4.79 Å². The average molecular weight is 299 g/mol. The van der Waals surface area contributed by atoms with Crippen molar-refractivity contribution in [2.24, 2.45) is 0 Å². The summed E-state index contributed by atoms with van der Waals surface area (Å²) in [5.41, 5.74) is 3.17. The standard InChI is InChI=1S/C17H21N3O2/c1-12-5-7-14(8-6-12)11-18-17(21)20-9-3-4-16(20)15-10-13(2)22-19-15/h5-8,10,16H,3-4,9,11H2,1-2H3,(H,18,21). The minimum atomic E-state index is -0.0382. The monoisotopic (exact) mass is 299 g/mol. The van der Waals surface area contributed by atoms with Crippen LogP contribution in [0.25, 0.3) is 0 Å². The molecule has 1 aliphatic heterocycles. The molecule has 0 radical (unpaired) electrons. The van der Waals surface area contributed by atoms with Gasteiger partial charge in [-0.3, -0.25) is 0 Å². The van der Waals surface area contributed by atoms with E-state index in [2.05, 4.69) is 29.5 Å². The Hall–Kier alpha value is -2.30. The lowest BCUT2D eigenvalue weighted by molar-refractivity contribution is 0.190. The zero-order valence-corrected chi connectivity index (χ0v) is 13.0. The van der Waals surface area contributed by atoms with Crippen molar-refractivity contribution in [3.8, 4) is 0 Å². The Morgan fingerprint density at radius 3 is 2.82 bits per heavy atom. The van der Waals surface area contributed by atoms with Crippen LogP contribution in [0.1, 0.15) is 41.5 Å². The third kappa shape index (κ3) is 3.13. The highest BCUT2D eigenvalue weighted by molar-refractivity contribution is 5.75. The maximum Gasteiger partial charge on any atom is 0.318 e. The van der Waals surface area contributed by atoms with Gasteiger partial charge in [0.25, 0.3) is 0 Å². The van der Waals surface area contributed by atoms with Gasteiger partial charge in [-0.25, -0.2) is 4.79 Å². The molecule has 5 heteroatoms. The van der Waals surface area contributed by atoms with Gasteiger partial charge in [-0.2, -0.15) is 0 Å². The maximum atomic E-state index is 12.4. The summed E-state index contributed by atoms with van der Waals surface area (Å²) < 4.78 is 5.14. The molecule has 0 spiro atoms. The van der Waals surface area contributed by atoms with Crippen LogP contribution < -0.4 is 5.32 Å². The van der Waals surface area contributed by atoms with Crippen molar-refractivity contribution in [2.75, 3.05) is 6.54 Å². The van der Waals surface area contributed by atoms with Crippen molar-refractivity contribution in [3.05, 3.63) is 52.9 Å². The van der Waals surface area contributed by atoms with Crippen molar-refractivity contribution in [1.82, 2.24) is 15.4 Å². The number of nitrogens with zero attached hydrogens (tertiary/aromatic N) is 2. The van der Waals surface area contributed by atoms with E-state index in [1.165, 1.54) is 5.56 Å². The highest BCUT2D eigenvalue weighted by atomic mass is 16.5. The van der Waals surface area contributed by atoms with Gasteiger partial charge < -0.3 is 14.7 Å². The maximum absolute atomic E-state index is 12.4. The second-order valence-electron chi connectivity index (χ2n) is 5.86. The summed E-state index contributed by atoms with van der Waals surface area (Å²) in [7, 11) is 0. The summed E-state index contributed by atoms with van der Waals surface area (Å²) in [4.78, 5) is 14.3. The molecule has 2 amide bonds.